The first-order valence-electron chi connectivity index (χ1n) is 11.2. The number of ether oxygens (including phenoxy) is 4. The van der Waals surface area contributed by atoms with E-state index in [1.807, 2.05) is 0 Å². The lowest BCUT2D eigenvalue weighted by molar-refractivity contribution is -0.126. The van der Waals surface area contributed by atoms with Crippen molar-refractivity contribution in [1.82, 2.24) is 0 Å². The maximum absolute atomic E-state index is 14.0. The van der Waals surface area contributed by atoms with E-state index in [0.717, 1.165) is 4.90 Å². The lowest BCUT2D eigenvalue weighted by atomic mass is 9.83. The van der Waals surface area contributed by atoms with Gasteiger partial charge in [-0.25, -0.2) is 19.3 Å². The number of nitrogens with zero attached hydrogens (tertiary/aromatic N) is 1. The highest BCUT2D eigenvalue weighted by molar-refractivity contribution is 6.21. The Bertz CT molecular complexity index is 1250. The van der Waals surface area contributed by atoms with Gasteiger partial charge in [0.05, 0.1) is 25.3 Å². The molecule has 1 aliphatic heterocycles. The maximum atomic E-state index is 14.0. The number of esters is 2. The van der Waals surface area contributed by atoms with Crippen molar-refractivity contribution in [2.45, 2.75) is 31.8 Å². The van der Waals surface area contributed by atoms with Crippen molar-refractivity contribution in [2.75, 3.05) is 25.2 Å². The molecule has 0 radical (unpaired) electrons. The molecule has 0 N–H and O–H groups in total. The first-order valence-corrected chi connectivity index (χ1v) is 11.2. The topological polar surface area (TPSA) is 135 Å². The van der Waals surface area contributed by atoms with E-state index < -0.39 is 48.2 Å². The molecule has 4 rings (SSSR count). The Balaban J connectivity index is 1.76. The summed E-state index contributed by atoms with van der Waals surface area (Å²) < 4.78 is 31.8. The number of hydrogen-bond donors (Lipinski definition) is 0. The Morgan fingerprint density at radius 3 is 1.95 bits per heavy atom. The molecule has 11 heteroatoms. The number of amides is 2. The van der Waals surface area contributed by atoms with Crippen LogP contribution in [0.25, 0.3) is 0 Å². The highest BCUT2D eigenvalue weighted by Crippen LogP contribution is 2.45. The van der Waals surface area contributed by atoms with Crippen LogP contribution in [0.1, 0.15) is 47.4 Å². The molecule has 0 spiro atoms. The number of hydrogen-bond acceptors (Lipinski definition) is 10. The molecule has 194 valence electrons. The van der Waals surface area contributed by atoms with Crippen molar-refractivity contribution in [1.29, 1.82) is 0 Å². The second kappa shape index (κ2) is 9.84. The number of fused-ring (bicyclic) bond motifs is 1. The van der Waals surface area contributed by atoms with Crippen molar-refractivity contribution < 1.29 is 47.0 Å². The molecule has 2 aromatic heterocycles. The minimum Gasteiger partial charge on any atom is -0.497 e. The van der Waals surface area contributed by atoms with E-state index in [0.29, 0.717) is 5.75 Å². The predicted octanol–water partition coefficient (Wildman–Crippen LogP) is 4.11. The molecule has 0 saturated carbocycles. The van der Waals surface area contributed by atoms with E-state index in [-0.39, 0.29) is 22.8 Å². The number of rotatable bonds is 7. The Labute approximate surface area is 211 Å². The van der Waals surface area contributed by atoms with Gasteiger partial charge in [0.1, 0.15) is 30.0 Å². The average molecular weight is 511 g/mol. The smallest absolute Gasteiger partial charge is 0.421 e. The summed E-state index contributed by atoms with van der Waals surface area (Å²) in [6, 6.07) is 10.4. The Morgan fingerprint density at radius 1 is 0.919 bits per heavy atom. The molecule has 0 aliphatic carbocycles. The first kappa shape index (κ1) is 25.5. The Kier molecular flexibility index (Phi) is 6.80. The number of carbonyl (C=O) groups is 4. The van der Waals surface area contributed by atoms with Gasteiger partial charge in [-0.15, -0.1) is 0 Å². The molecule has 1 aliphatic rings. The van der Waals surface area contributed by atoms with Gasteiger partial charge in [0.15, 0.2) is 0 Å². The van der Waals surface area contributed by atoms with Crippen LogP contribution >= 0.6 is 0 Å². The number of carbonyl (C=O) groups excluding carboxylic acids is 4. The minimum atomic E-state index is -1.81. The van der Waals surface area contributed by atoms with Crippen LogP contribution in [0, 0.1) is 0 Å². The van der Waals surface area contributed by atoms with Crippen LogP contribution < -0.4 is 9.64 Å². The molecule has 1 aromatic carbocycles. The van der Waals surface area contributed by atoms with E-state index in [2.05, 4.69) is 0 Å². The normalized spacial score (nSPS) is 14.2. The zero-order valence-corrected chi connectivity index (χ0v) is 20.6. The van der Waals surface area contributed by atoms with E-state index in [1.165, 1.54) is 56.0 Å². The number of methoxy groups -OCH3 is 1. The van der Waals surface area contributed by atoms with Crippen molar-refractivity contribution in [2.24, 2.45) is 0 Å². The molecule has 0 unspecified atom stereocenters. The molecule has 2 amide bonds. The summed E-state index contributed by atoms with van der Waals surface area (Å²) in [7, 11) is 1.43. The Hall–Kier alpha value is -4.54. The third kappa shape index (κ3) is 5.06. The van der Waals surface area contributed by atoms with Gasteiger partial charge in [-0.2, -0.15) is 0 Å². The van der Waals surface area contributed by atoms with Crippen molar-refractivity contribution in [3.05, 3.63) is 72.1 Å². The van der Waals surface area contributed by atoms with Crippen LogP contribution in [0.2, 0.25) is 0 Å². The maximum Gasteiger partial charge on any atom is 0.421 e. The quantitative estimate of drug-likeness (QED) is 0.337. The highest BCUT2D eigenvalue weighted by atomic mass is 16.6. The average Bonchev–Trinajstić information content (AvgIpc) is 3.61. The van der Waals surface area contributed by atoms with Crippen molar-refractivity contribution >= 4 is 29.6 Å². The second-order valence-corrected chi connectivity index (χ2v) is 9.19. The summed E-state index contributed by atoms with van der Waals surface area (Å²) in [5, 5.41) is 0. The fourth-order valence-corrected chi connectivity index (χ4v) is 3.78. The van der Waals surface area contributed by atoms with Gasteiger partial charge in [0.25, 0.3) is 5.91 Å². The largest absolute Gasteiger partial charge is 0.497 e. The zero-order chi connectivity index (χ0) is 26.8. The highest BCUT2D eigenvalue weighted by Gasteiger charge is 2.56. The monoisotopic (exact) mass is 511 g/mol. The summed E-state index contributed by atoms with van der Waals surface area (Å²) in [6.07, 6.45) is 1.64. The molecule has 37 heavy (non-hydrogen) atoms. The second-order valence-electron chi connectivity index (χ2n) is 9.19. The van der Waals surface area contributed by atoms with Crippen molar-refractivity contribution in [3.8, 4) is 5.75 Å². The molecule has 0 saturated heterocycles. The molecule has 0 fully saturated rings. The van der Waals surface area contributed by atoms with Crippen LogP contribution in [0.3, 0.4) is 0 Å². The van der Waals surface area contributed by atoms with Gasteiger partial charge in [-0.1, -0.05) is 0 Å². The number of furan rings is 2. The lowest BCUT2D eigenvalue weighted by Gasteiger charge is -2.28. The zero-order valence-electron chi connectivity index (χ0n) is 20.6. The van der Waals surface area contributed by atoms with Crippen molar-refractivity contribution in [3.63, 3.8) is 0 Å². The van der Waals surface area contributed by atoms with E-state index in [4.69, 9.17) is 27.8 Å². The van der Waals surface area contributed by atoms with Gasteiger partial charge >= 0.3 is 18.0 Å². The van der Waals surface area contributed by atoms with E-state index >= 15 is 0 Å². The number of benzene rings is 1. The first-order chi connectivity index (χ1) is 17.6. The summed E-state index contributed by atoms with van der Waals surface area (Å²) in [4.78, 5) is 53.1. The standard InChI is InChI=1S/C26H25NO10/c1-25(2,3)37-24(31)27-18-10-9-16(32-4)13-17(18)26(23(27)30,14-35-21(28)19-7-5-11-33-19)15-36-22(29)20-8-6-12-34-20/h5-13H,14-15H2,1-4H3. The SMILES string of the molecule is COc1ccc2c(c1)C(COC(=O)c1ccco1)(COC(=O)c1ccco1)C(=O)N2C(=O)OC(C)(C)C. The fourth-order valence-electron chi connectivity index (χ4n) is 3.78. The Morgan fingerprint density at radius 2 is 1.49 bits per heavy atom. The molecule has 3 heterocycles. The van der Waals surface area contributed by atoms with E-state index in [1.54, 1.807) is 26.8 Å². The summed E-state index contributed by atoms with van der Waals surface area (Å²) >= 11 is 0. The summed E-state index contributed by atoms with van der Waals surface area (Å²) in [5.74, 6) is -2.35. The molecule has 11 nitrogen and oxygen atoms in total. The van der Waals surface area contributed by atoms with Crippen LogP contribution in [0.15, 0.2) is 63.8 Å². The lowest BCUT2D eigenvalue weighted by Crippen LogP contribution is -2.50. The van der Waals surface area contributed by atoms with Crippen LogP contribution in [0.4, 0.5) is 10.5 Å². The molecular weight excluding hydrogens is 486 g/mol. The van der Waals surface area contributed by atoms with Crippen LogP contribution in [-0.4, -0.2) is 49.9 Å². The van der Waals surface area contributed by atoms with Crippen LogP contribution in [-0.2, 0) is 24.4 Å². The van der Waals surface area contributed by atoms with E-state index in [9.17, 15) is 19.2 Å². The van der Waals surface area contributed by atoms with Gasteiger partial charge in [-0.3, -0.25) is 4.79 Å². The fraction of sp³-hybridized carbons (Fsp3) is 0.308. The predicted molar refractivity (Wildman–Crippen MR) is 126 cm³/mol. The summed E-state index contributed by atoms with van der Waals surface area (Å²) in [5.41, 5.74) is -2.32. The molecule has 3 aromatic rings. The minimum absolute atomic E-state index is 0.0944. The molecule has 0 atom stereocenters. The van der Waals surface area contributed by atoms with Crippen LogP contribution in [0.5, 0.6) is 5.75 Å². The third-order valence-corrected chi connectivity index (χ3v) is 5.49. The van der Waals surface area contributed by atoms with Gasteiger partial charge in [0.2, 0.25) is 11.5 Å². The summed E-state index contributed by atoms with van der Waals surface area (Å²) in [6.45, 7) is 3.80. The third-order valence-electron chi connectivity index (χ3n) is 5.49. The van der Waals surface area contributed by atoms with Gasteiger partial charge < -0.3 is 27.8 Å². The number of imide groups is 1. The number of anilines is 1. The molecule has 0 bridgehead atoms. The van der Waals surface area contributed by atoms with Gasteiger partial charge in [-0.05, 0) is 63.2 Å². The molecular formula is C26H25NO10. The van der Waals surface area contributed by atoms with Gasteiger partial charge in [0, 0.05) is 5.56 Å².